The summed E-state index contributed by atoms with van der Waals surface area (Å²) < 4.78 is 28.4. The van der Waals surface area contributed by atoms with Gasteiger partial charge in [-0.05, 0) is 67.3 Å². The van der Waals surface area contributed by atoms with Gasteiger partial charge in [0, 0.05) is 37.0 Å². The number of nitrogens with zero attached hydrogens (tertiary/aromatic N) is 1. The van der Waals surface area contributed by atoms with Gasteiger partial charge >= 0.3 is 0 Å². The van der Waals surface area contributed by atoms with E-state index in [0.29, 0.717) is 29.9 Å². The number of carbonyl (C=O) groups is 2. The minimum absolute atomic E-state index is 0.0640. The Morgan fingerprint density at radius 2 is 1.83 bits per heavy atom. The molecule has 1 aliphatic heterocycles. The second-order valence-electron chi connectivity index (χ2n) is 7.11. The third-order valence-corrected chi connectivity index (χ3v) is 6.38. The molecule has 0 unspecified atom stereocenters. The lowest BCUT2D eigenvalue weighted by Crippen LogP contribution is -2.34. The van der Waals surface area contributed by atoms with Gasteiger partial charge in [0.05, 0.1) is 4.90 Å². The highest BCUT2D eigenvalue weighted by Gasteiger charge is 2.23. The van der Waals surface area contributed by atoms with E-state index in [1.807, 2.05) is 6.92 Å². The molecule has 29 heavy (non-hydrogen) atoms. The monoisotopic (exact) mass is 415 g/mol. The fraction of sp³-hybridized carbons (Fsp3) is 0.333. The van der Waals surface area contributed by atoms with Gasteiger partial charge < -0.3 is 10.2 Å². The molecule has 0 aromatic heterocycles. The molecule has 2 aromatic rings. The Kier molecular flexibility index (Phi) is 5.93. The van der Waals surface area contributed by atoms with Gasteiger partial charge in [0.2, 0.25) is 11.8 Å². The second kappa shape index (κ2) is 8.24. The van der Waals surface area contributed by atoms with Crippen molar-refractivity contribution in [2.75, 3.05) is 21.5 Å². The predicted octanol–water partition coefficient (Wildman–Crippen LogP) is 3.44. The smallest absolute Gasteiger partial charge is 0.262 e. The summed E-state index contributed by atoms with van der Waals surface area (Å²) in [5.74, 6) is -0.156. The minimum atomic E-state index is -3.79. The van der Waals surface area contributed by atoms with Crippen molar-refractivity contribution < 1.29 is 18.0 Å². The fourth-order valence-electron chi connectivity index (χ4n) is 3.55. The van der Waals surface area contributed by atoms with Crippen molar-refractivity contribution >= 4 is 38.9 Å². The van der Waals surface area contributed by atoms with Crippen molar-refractivity contribution in [3.63, 3.8) is 0 Å². The molecule has 3 rings (SSSR count). The topological polar surface area (TPSA) is 95.6 Å². The fourth-order valence-corrected chi connectivity index (χ4v) is 4.83. The van der Waals surface area contributed by atoms with Gasteiger partial charge in [-0.2, -0.15) is 0 Å². The molecule has 7 nitrogen and oxygen atoms in total. The Morgan fingerprint density at radius 3 is 2.48 bits per heavy atom. The molecule has 0 spiro atoms. The van der Waals surface area contributed by atoms with Crippen LogP contribution >= 0.6 is 0 Å². The number of carbonyl (C=O) groups excluding carboxylic acids is 2. The van der Waals surface area contributed by atoms with E-state index >= 15 is 0 Å². The van der Waals surface area contributed by atoms with E-state index in [9.17, 15) is 18.0 Å². The zero-order chi connectivity index (χ0) is 21.2. The highest BCUT2D eigenvalue weighted by Crippen LogP contribution is 2.31. The number of rotatable bonds is 5. The number of aryl methyl sites for hydroxylation is 2. The molecular formula is C21H25N3O4S. The molecular weight excluding hydrogens is 390 g/mol. The lowest BCUT2D eigenvalue weighted by atomic mass is 10.0. The summed E-state index contributed by atoms with van der Waals surface area (Å²) in [6.45, 7) is 5.59. The van der Waals surface area contributed by atoms with Crippen molar-refractivity contribution in [2.24, 2.45) is 0 Å². The Balaban J connectivity index is 1.86. The second-order valence-corrected chi connectivity index (χ2v) is 8.76. The third kappa shape index (κ3) is 4.59. The van der Waals surface area contributed by atoms with Crippen LogP contribution in [0.2, 0.25) is 0 Å². The predicted molar refractivity (Wildman–Crippen MR) is 114 cm³/mol. The number of amides is 2. The van der Waals surface area contributed by atoms with Crippen molar-refractivity contribution in [3.8, 4) is 0 Å². The van der Waals surface area contributed by atoms with Gasteiger partial charge in [-0.1, -0.05) is 6.92 Å². The quantitative estimate of drug-likeness (QED) is 0.782. The molecule has 0 fully saturated rings. The lowest BCUT2D eigenvalue weighted by Gasteiger charge is -2.29. The molecule has 1 heterocycles. The maximum absolute atomic E-state index is 12.9. The Labute approximate surface area is 171 Å². The van der Waals surface area contributed by atoms with Gasteiger partial charge in [-0.3, -0.25) is 14.3 Å². The SMILES string of the molecule is CCC(=O)N1CCCc2cc(NS(=O)(=O)c3ccc(NC(C)=O)cc3C)ccc21. The Hall–Kier alpha value is -2.87. The first-order valence-electron chi connectivity index (χ1n) is 9.55. The number of hydrogen-bond acceptors (Lipinski definition) is 4. The van der Waals surface area contributed by atoms with Crippen LogP contribution in [-0.2, 0) is 26.0 Å². The molecule has 2 N–H and O–H groups in total. The number of hydrogen-bond donors (Lipinski definition) is 2. The van der Waals surface area contributed by atoms with Crippen LogP contribution in [0.15, 0.2) is 41.3 Å². The van der Waals surface area contributed by atoms with Crippen LogP contribution in [0.1, 0.15) is 37.8 Å². The molecule has 0 bridgehead atoms. The highest BCUT2D eigenvalue weighted by molar-refractivity contribution is 7.92. The van der Waals surface area contributed by atoms with E-state index in [1.165, 1.54) is 13.0 Å². The van der Waals surface area contributed by atoms with Gasteiger partial charge in [0.25, 0.3) is 10.0 Å². The van der Waals surface area contributed by atoms with Crippen molar-refractivity contribution in [2.45, 2.75) is 44.9 Å². The number of anilines is 3. The summed E-state index contributed by atoms with van der Waals surface area (Å²) >= 11 is 0. The molecule has 0 aliphatic carbocycles. The van der Waals surface area contributed by atoms with E-state index in [1.54, 1.807) is 42.2 Å². The summed E-state index contributed by atoms with van der Waals surface area (Å²) in [6, 6.07) is 9.93. The van der Waals surface area contributed by atoms with E-state index in [-0.39, 0.29) is 16.7 Å². The first kappa shape index (κ1) is 20.9. The van der Waals surface area contributed by atoms with Gasteiger partial charge in [-0.15, -0.1) is 0 Å². The molecule has 0 saturated heterocycles. The molecule has 0 saturated carbocycles. The lowest BCUT2D eigenvalue weighted by molar-refractivity contribution is -0.118. The zero-order valence-electron chi connectivity index (χ0n) is 16.8. The summed E-state index contributed by atoms with van der Waals surface area (Å²) in [7, 11) is -3.79. The van der Waals surface area contributed by atoms with Crippen LogP contribution in [-0.4, -0.2) is 26.8 Å². The number of fused-ring (bicyclic) bond motifs is 1. The van der Waals surface area contributed by atoms with Crippen LogP contribution in [0.3, 0.4) is 0 Å². The normalized spacial score (nSPS) is 13.6. The van der Waals surface area contributed by atoms with Crippen molar-refractivity contribution in [1.82, 2.24) is 0 Å². The molecule has 0 radical (unpaired) electrons. The third-order valence-electron chi connectivity index (χ3n) is 4.84. The van der Waals surface area contributed by atoms with E-state index in [2.05, 4.69) is 10.0 Å². The van der Waals surface area contributed by atoms with Crippen LogP contribution in [0.25, 0.3) is 0 Å². The average molecular weight is 416 g/mol. The van der Waals surface area contributed by atoms with Crippen molar-refractivity contribution in [1.29, 1.82) is 0 Å². The van der Waals surface area contributed by atoms with Gasteiger partial charge in [0.1, 0.15) is 0 Å². The van der Waals surface area contributed by atoms with Crippen LogP contribution in [0.5, 0.6) is 0 Å². The van der Waals surface area contributed by atoms with Gasteiger partial charge in [0.15, 0.2) is 0 Å². The summed E-state index contributed by atoms with van der Waals surface area (Å²) in [6.07, 6.45) is 2.07. The molecule has 154 valence electrons. The largest absolute Gasteiger partial charge is 0.326 e. The first-order chi connectivity index (χ1) is 13.7. The maximum Gasteiger partial charge on any atom is 0.262 e. The van der Waals surface area contributed by atoms with Gasteiger partial charge in [-0.25, -0.2) is 8.42 Å². The van der Waals surface area contributed by atoms with E-state index < -0.39 is 10.0 Å². The molecule has 0 atom stereocenters. The number of nitrogens with one attached hydrogen (secondary N) is 2. The molecule has 8 heteroatoms. The van der Waals surface area contributed by atoms with Crippen LogP contribution < -0.4 is 14.9 Å². The molecule has 2 amide bonds. The summed E-state index contributed by atoms with van der Waals surface area (Å²) in [4.78, 5) is 25.2. The first-order valence-corrected chi connectivity index (χ1v) is 11.0. The highest BCUT2D eigenvalue weighted by atomic mass is 32.2. The number of sulfonamides is 1. The average Bonchev–Trinajstić information content (AvgIpc) is 2.65. The van der Waals surface area contributed by atoms with Crippen LogP contribution in [0.4, 0.5) is 17.1 Å². The summed E-state index contributed by atoms with van der Waals surface area (Å²) in [5, 5.41) is 2.64. The summed E-state index contributed by atoms with van der Waals surface area (Å²) in [5.41, 5.74) is 3.34. The molecule has 1 aliphatic rings. The zero-order valence-corrected chi connectivity index (χ0v) is 17.6. The van der Waals surface area contributed by atoms with Crippen LogP contribution in [0, 0.1) is 6.92 Å². The number of benzene rings is 2. The van der Waals surface area contributed by atoms with Crippen molar-refractivity contribution in [3.05, 3.63) is 47.5 Å². The maximum atomic E-state index is 12.9. The standard InChI is InChI=1S/C21H25N3O4S/c1-4-21(26)24-11-5-6-16-13-18(7-9-19(16)24)23-29(27,28)20-10-8-17(12-14(20)2)22-15(3)25/h7-10,12-13,23H,4-6,11H2,1-3H3,(H,22,25). The van der Waals surface area contributed by atoms with E-state index in [4.69, 9.17) is 0 Å². The van der Waals surface area contributed by atoms with E-state index in [0.717, 1.165) is 24.1 Å². The molecule has 2 aromatic carbocycles. The Bertz CT molecular complexity index is 1060. The Morgan fingerprint density at radius 1 is 1.10 bits per heavy atom. The minimum Gasteiger partial charge on any atom is -0.326 e.